The number of alkyl halides is 6. The topological polar surface area (TPSA) is 129 Å². The molecule has 2 aromatic heterocycles. The SMILES string of the molecule is O=C(O)c1sc(=O)[nH]c1CC(F)(F)F.O=C(OCc1ccccc1)c1sc(=O)[nH]c1CC(F)(F)F. The highest BCUT2D eigenvalue weighted by Crippen LogP contribution is 2.24. The number of thiazole rings is 2. The first kappa shape index (κ1) is 27.8. The number of hydrogen-bond acceptors (Lipinski definition) is 7. The quantitative estimate of drug-likeness (QED) is 0.316. The first-order valence-electron chi connectivity index (χ1n) is 9.16. The Morgan fingerprint density at radius 1 is 0.829 bits per heavy atom. The molecule has 8 nitrogen and oxygen atoms in total. The van der Waals surface area contributed by atoms with Crippen LogP contribution in [-0.4, -0.2) is 39.4 Å². The number of aromatic nitrogens is 2. The van der Waals surface area contributed by atoms with Crippen LogP contribution >= 0.6 is 22.7 Å². The third kappa shape index (κ3) is 9.40. The first-order valence-corrected chi connectivity index (χ1v) is 10.8. The highest BCUT2D eigenvalue weighted by molar-refractivity contribution is 7.11. The van der Waals surface area contributed by atoms with Crippen LogP contribution in [0.25, 0.3) is 0 Å². The largest absolute Gasteiger partial charge is 0.477 e. The highest BCUT2D eigenvalue weighted by atomic mass is 32.1. The number of nitrogens with one attached hydrogen (secondary N) is 2. The van der Waals surface area contributed by atoms with E-state index in [1.165, 1.54) is 0 Å². The van der Waals surface area contributed by atoms with Crippen molar-refractivity contribution in [2.24, 2.45) is 0 Å². The fraction of sp³-hybridized carbons (Fsp3) is 0.263. The second kappa shape index (κ2) is 11.4. The molecule has 2 heterocycles. The van der Waals surface area contributed by atoms with E-state index in [-0.39, 0.29) is 22.8 Å². The zero-order valence-electron chi connectivity index (χ0n) is 17.1. The van der Waals surface area contributed by atoms with Gasteiger partial charge >= 0.3 is 34.0 Å². The van der Waals surface area contributed by atoms with Gasteiger partial charge in [0.1, 0.15) is 16.4 Å². The number of carboxylic acid groups (broad SMARTS) is 1. The molecule has 0 spiro atoms. The average molecular weight is 544 g/mol. The van der Waals surface area contributed by atoms with Crippen molar-refractivity contribution < 1.29 is 45.8 Å². The summed E-state index contributed by atoms with van der Waals surface area (Å²) in [6.07, 6.45) is -11.9. The van der Waals surface area contributed by atoms with Crippen molar-refractivity contribution in [3.8, 4) is 0 Å². The van der Waals surface area contributed by atoms with Gasteiger partial charge in [0.2, 0.25) is 0 Å². The van der Waals surface area contributed by atoms with E-state index in [1.807, 2.05) is 9.97 Å². The molecule has 0 unspecified atom stereocenters. The molecule has 0 saturated carbocycles. The molecular weight excluding hydrogens is 530 g/mol. The molecule has 3 rings (SSSR count). The number of aromatic carboxylic acids is 1. The molecule has 35 heavy (non-hydrogen) atoms. The summed E-state index contributed by atoms with van der Waals surface area (Å²) >= 11 is 0.665. The molecule has 0 aliphatic heterocycles. The molecule has 0 aliphatic rings. The average Bonchev–Trinajstić information content (AvgIpc) is 3.26. The maximum Gasteiger partial charge on any atom is 0.394 e. The molecule has 0 bridgehead atoms. The van der Waals surface area contributed by atoms with Crippen LogP contribution in [-0.2, 0) is 24.2 Å². The van der Waals surface area contributed by atoms with Crippen LogP contribution in [0.4, 0.5) is 26.3 Å². The minimum Gasteiger partial charge on any atom is -0.477 e. The standard InChI is InChI=1S/C13H10F3NO3S.C6H4F3NO3S/c14-13(15,16)6-9-10(21-12(19)17-9)11(18)20-7-8-4-2-1-3-5-8;7-6(8,9)1-2-3(4(11)12)14-5(13)10-2/h1-5H,6-7H2,(H,17,19);1H2,(H,10,13)(H,11,12). The number of rotatable bonds is 6. The zero-order valence-corrected chi connectivity index (χ0v) is 18.7. The molecule has 0 saturated heterocycles. The molecule has 3 aromatic rings. The Bertz CT molecular complexity index is 1270. The first-order chi connectivity index (χ1) is 16.1. The van der Waals surface area contributed by atoms with Crippen LogP contribution in [0.1, 0.15) is 36.3 Å². The number of benzene rings is 1. The van der Waals surface area contributed by atoms with E-state index >= 15 is 0 Å². The fourth-order valence-electron chi connectivity index (χ4n) is 2.50. The van der Waals surface area contributed by atoms with Crippen molar-refractivity contribution >= 4 is 34.6 Å². The predicted octanol–water partition coefficient (Wildman–Crippen LogP) is 4.14. The van der Waals surface area contributed by atoms with E-state index in [2.05, 4.69) is 0 Å². The van der Waals surface area contributed by atoms with Gasteiger partial charge in [0.15, 0.2) is 0 Å². The number of carbonyl (C=O) groups excluding carboxylic acids is 1. The lowest BCUT2D eigenvalue weighted by atomic mass is 10.2. The highest BCUT2D eigenvalue weighted by Gasteiger charge is 2.33. The lowest BCUT2D eigenvalue weighted by Crippen LogP contribution is -2.15. The zero-order chi connectivity index (χ0) is 26.4. The summed E-state index contributed by atoms with van der Waals surface area (Å²) in [7, 11) is 0. The van der Waals surface area contributed by atoms with Gasteiger partial charge in [-0.05, 0) is 5.56 Å². The van der Waals surface area contributed by atoms with E-state index in [4.69, 9.17) is 9.84 Å². The van der Waals surface area contributed by atoms with Gasteiger partial charge in [-0.2, -0.15) is 26.3 Å². The third-order valence-electron chi connectivity index (χ3n) is 3.79. The Hall–Kier alpha value is -3.40. The van der Waals surface area contributed by atoms with Crippen LogP contribution in [0, 0.1) is 0 Å². The van der Waals surface area contributed by atoms with Crippen molar-refractivity contribution in [3.63, 3.8) is 0 Å². The van der Waals surface area contributed by atoms with Crippen molar-refractivity contribution in [3.05, 3.63) is 76.4 Å². The summed E-state index contributed by atoms with van der Waals surface area (Å²) in [6.45, 7) is -0.0722. The molecular formula is C19H14F6N2O6S2. The van der Waals surface area contributed by atoms with Crippen LogP contribution in [0.2, 0.25) is 0 Å². The molecule has 0 fully saturated rings. The molecule has 1 aromatic carbocycles. The molecule has 0 atom stereocenters. The van der Waals surface area contributed by atoms with Gasteiger partial charge < -0.3 is 19.8 Å². The van der Waals surface area contributed by atoms with Gasteiger partial charge in [0, 0.05) is 0 Å². The van der Waals surface area contributed by atoms with Crippen LogP contribution in [0.15, 0.2) is 39.9 Å². The summed E-state index contributed by atoms with van der Waals surface area (Å²) in [5.74, 6) is -2.48. The van der Waals surface area contributed by atoms with Crippen LogP contribution in [0.5, 0.6) is 0 Å². The number of carbonyl (C=O) groups is 2. The number of ether oxygens (including phenoxy) is 1. The number of halogens is 6. The van der Waals surface area contributed by atoms with Gasteiger partial charge in [-0.25, -0.2) is 9.59 Å². The summed E-state index contributed by atoms with van der Waals surface area (Å²) < 4.78 is 77.7. The maximum atomic E-state index is 12.4. The summed E-state index contributed by atoms with van der Waals surface area (Å²) in [5.41, 5.74) is -0.360. The van der Waals surface area contributed by atoms with Crippen molar-refractivity contribution in [2.45, 2.75) is 31.8 Å². The molecule has 16 heteroatoms. The van der Waals surface area contributed by atoms with E-state index < -0.39 is 63.1 Å². The van der Waals surface area contributed by atoms with E-state index in [0.29, 0.717) is 16.9 Å². The maximum absolute atomic E-state index is 12.4. The normalized spacial score (nSPS) is 11.5. The van der Waals surface area contributed by atoms with Gasteiger partial charge in [-0.3, -0.25) is 9.59 Å². The minimum absolute atomic E-state index is 0.0722. The van der Waals surface area contributed by atoms with Gasteiger partial charge in [-0.15, -0.1) is 0 Å². The van der Waals surface area contributed by atoms with Crippen LogP contribution < -0.4 is 9.75 Å². The van der Waals surface area contributed by atoms with Gasteiger partial charge in [0.05, 0.1) is 24.2 Å². The second-order valence-electron chi connectivity index (χ2n) is 6.60. The molecule has 3 N–H and O–H groups in total. The number of H-pyrrole nitrogens is 2. The van der Waals surface area contributed by atoms with Crippen molar-refractivity contribution in [2.75, 3.05) is 0 Å². The monoisotopic (exact) mass is 544 g/mol. The second-order valence-corrected chi connectivity index (χ2v) is 8.56. The van der Waals surface area contributed by atoms with Gasteiger partial charge in [0.25, 0.3) is 0 Å². The Labute approximate surface area is 198 Å². The lowest BCUT2D eigenvalue weighted by Gasteiger charge is -2.07. The van der Waals surface area contributed by atoms with Crippen molar-refractivity contribution in [1.29, 1.82) is 0 Å². The number of carboxylic acids is 1. The third-order valence-corrected chi connectivity index (χ3v) is 5.61. The number of hydrogen-bond donors (Lipinski definition) is 3. The molecule has 0 radical (unpaired) electrons. The lowest BCUT2D eigenvalue weighted by molar-refractivity contribution is -0.128. The molecule has 190 valence electrons. The Balaban J connectivity index is 0.000000269. The molecule has 0 aliphatic carbocycles. The van der Waals surface area contributed by atoms with Crippen LogP contribution in [0.3, 0.4) is 0 Å². The Morgan fingerprint density at radius 2 is 1.29 bits per heavy atom. The predicted molar refractivity (Wildman–Crippen MR) is 112 cm³/mol. The summed E-state index contributed by atoms with van der Waals surface area (Å²) in [5, 5.41) is 8.46. The minimum atomic E-state index is -4.53. The number of aromatic amines is 2. The summed E-state index contributed by atoms with van der Waals surface area (Å²) in [4.78, 5) is 45.4. The van der Waals surface area contributed by atoms with Crippen molar-refractivity contribution in [1.82, 2.24) is 9.97 Å². The van der Waals surface area contributed by atoms with E-state index in [9.17, 15) is 45.5 Å². The smallest absolute Gasteiger partial charge is 0.394 e. The van der Waals surface area contributed by atoms with E-state index in [0.717, 1.165) is 0 Å². The summed E-state index contributed by atoms with van der Waals surface area (Å²) in [6, 6.07) is 8.69. The number of esters is 1. The Morgan fingerprint density at radius 3 is 1.74 bits per heavy atom. The van der Waals surface area contributed by atoms with Gasteiger partial charge in [-0.1, -0.05) is 53.0 Å². The Kier molecular flexibility index (Phi) is 9.03. The van der Waals surface area contributed by atoms with E-state index in [1.54, 1.807) is 30.3 Å². The fourth-order valence-corrected chi connectivity index (χ4v) is 3.94. The molecule has 0 amide bonds.